The van der Waals surface area contributed by atoms with Crippen LogP contribution >= 0.6 is 11.6 Å². The van der Waals surface area contributed by atoms with E-state index in [1.54, 1.807) is 0 Å². The molecule has 18 heavy (non-hydrogen) atoms. The van der Waals surface area contributed by atoms with Crippen LogP contribution in [0.3, 0.4) is 0 Å². The molecule has 0 aliphatic rings. The highest BCUT2D eigenvalue weighted by atomic mass is 35.5. The Hall–Kier alpha value is -1.47. The maximum Gasteiger partial charge on any atom is 0.120 e. The van der Waals surface area contributed by atoms with Gasteiger partial charge in [0.2, 0.25) is 0 Å². The molecule has 2 aromatic carbocycles. The van der Waals surface area contributed by atoms with Gasteiger partial charge in [-0.25, -0.2) is 0 Å². The van der Waals surface area contributed by atoms with E-state index in [2.05, 4.69) is 19.1 Å². The van der Waals surface area contributed by atoms with Crippen molar-refractivity contribution in [1.29, 1.82) is 0 Å². The smallest absolute Gasteiger partial charge is 0.120 e. The van der Waals surface area contributed by atoms with E-state index in [0.717, 1.165) is 29.2 Å². The summed E-state index contributed by atoms with van der Waals surface area (Å²) in [5, 5.41) is 0.823. The summed E-state index contributed by atoms with van der Waals surface area (Å²) >= 11 is 6.14. The van der Waals surface area contributed by atoms with Crippen LogP contribution in [0, 0.1) is 0 Å². The molecule has 94 valence electrons. The van der Waals surface area contributed by atoms with Gasteiger partial charge in [0, 0.05) is 5.02 Å². The van der Waals surface area contributed by atoms with E-state index in [1.165, 1.54) is 5.56 Å². The quantitative estimate of drug-likeness (QED) is 0.745. The summed E-state index contributed by atoms with van der Waals surface area (Å²) in [5.41, 5.74) is 2.33. The van der Waals surface area contributed by atoms with Crippen molar-refractivity contribution >= 4 is 11.6 Å². The fraction of sp³-hybridized carbons (Fsp3) is 0.250. The van der Waals surface area contributed by atoms with Gasteiger partial charge in [0.15, 0.2) is 0 Å². The van der Waals surface area contributed by atoms with Crippen molar-refractivity contribution in [2.75, 3.05) is 0 Å². The summed E-state index contributed by atoms with van der Waals surface area (Å²) in [7, 11) is 0. The van der Waals surface area contributed by atoms with E-state index in [4.69, 9.17) is 16.3 Å². The Labute approximate surface area is 113 Å². The minimum absolute atomic E-state index is 0.591. The zero-order chi connectivity index (χ0) is 12.8. The largest absolute Gasteiger partial charge is 0.489 e. The van der Waals surface area contributed by atoms with E-state index in [9.17, 15) is 0 Å². The molecule has 0 radical (unpaired) electrons. The van der Waals surface area contributed by atoms with Crippen molar-refractivity contribution in [3.63, 3.8) is 0 Å². The standard InChI is InChI=1S/C16H17ClO/c1-2-6-14-11-15(9-10-16(14)17)18-12-13-7-4-3-5-8-13/h3-5,7-11H,2,6,12H2,1H3. The summed E-state index contributed by atoms with van der Waals surface area (Å²) < 4.78 is 5.78. The molecule has 2 heteroatoms. The average Bonchev–Trinajstić information content (AvgIpc) is 2.41. The fourth-order valence-electron chi connectivity index (χ4n) is 1.84. The maximum atomic E-state index is 6.14. The normalized spacial score (nSPS) is 10.3. The lowest BCUT2D eigenvalue weighted by molar-refractivity contribution is 0.306. The highest BCUT2D eigenvalue weighted by Gasteiger charge is 2.02. The Kier molecular flexibility index (Phi) is 4.66. The second-order valence-corrected chi connectivity index (χ2v) is 4.68. The number of halogens is 1. The lowest BCUT2D eigenvalue weighted by Gasteiger charge is -2.09. The van der Waals surface area contributed by atoms with Gasteiger partial charge in [-0.05, 0) is 35.7 Å². The number of rotatable bonds is 5. The van der Waals surface area contributed by atoms with Crippen LogP contribution in [0.2, 0.25) is 5.02 Å². The van der Waals surface area contributed by atoms with Gasteiger partial charge in [-0.2, -0.15) is 0 Å². The molecule has 1 nitrogen and oxygen atoms in total. The van der Waals surface area contributed by atoms with Gasteiger partial charge in [0.1, 0.15) is 12.4 Å². The second-order valence-electron chi connectivity index (χ2n) is 4.28. The molecular formula is C16H17ClO. The first kappa shape index (κ1) is 13.0. The Balaban J connectivity index is 2.03. The number of hydrogen-bond acceptors (Lipinski definition) is 1. The monoisotopic (exact) mass is 260 g/mol. The molecule has 0 atom stereocenters. The van der Waals surface area contributed by atoms with Crippen molar-refractivity contribution in [1.82, 2.24) is 0 Å². The molecule has 0 N–H and O–H groups in total. The Bertz CT molecular complexity index is 494. The van der Waals surface area contributed by atoms with Crippen molar-refractivity contribution in [3.8, 4) is 5.75 Å². The lowest BCUT2D eigenvalue weighted by atomic mass is 10.1. The van der Waals surface area contributed by atoms with E-state index >= 15 is 0 Å². The van der Waals surface area contributed by atoms with E-state index < -0.39 is 0 Å². The predicted octanol–water partition coefficient (Wildman–Crippen LogP) is 4.87. The van der Waals surface area contributed by atoms with Crippen LogP contribution in [0.1, 0.15) is 24.5 Å². The molecule has 0 unspecified atom stereocenters. The number of aryl methyl sites for hydroxylation is 1. The van der Waals surface area contributed by atoms with Gasteiger partial charge in [0.25, 0.3) is 0 Å². The predicted molar refractivity (Wildman–Crippen MR) is 76.2 cm³/mol. The van der Waals surface area contributed by atoms with Crippen LogP contribution in [0.5, 0.6) is 5.75 Å². The molecule has 0 aromatic heterocycles. The molecule has 0 spiro atoms. The third-order valence-corrected chi connectivity index (χ3v) is 3.15. The van der Waals surface area contributed by atoms with E-state index in [1.807, 2.05) is 36.4 Å². The Morgan fingerprint density at radius 1 is 1.06 bits per heavy atom. The zero-order valence-corrected chi connectivity index (χ0v) is 11.3. The van der Waals surface area contributed by atoms with Crippen LogP contribution < -0.4 is 4.74 Å². The van der Waals surface area contributed by atoms with Crippen LogP contribution in [0.15, 0.2) is 48.5 Å². The highest BCUT2D eigenvalue weighted by molar-refractivity contribution is 6.31. The molecule has 0 aliphatic carbocycles. The van der Waals surface area contributed by atoms with Gasteiger partial charge >= 0.3 is 0 Å². The maximum absolute atomic E-state index is 6.14. The summed E-state index contributed by atoms with van der Waals surface area (Å²) in [6.07, 6.45) is 2.07. The summed E-state index contributed by atoms with van der Waals surface area (Å²) in [5.74, 6) is 0.881. The van der Waals surface area contributed by atoms with Gasteiger partial charge in [-0.15, -0.1) is 0 Å². The highest BCUT2D eigenvalue weighted by Crippen LogP contribution is 2.23. The summed E-state index contributed by atoms with van der Waals surface area (Å²) in [6.45, 7) is 2.74. The first-order chi connectivity index (χ1) is 8.79. The third kappa shape index (κ3) is 3.51. The number of hydrogen-bond donors (Lipinski definition) is 0. The second kappa shape index (κ2) is 6.46. The Morgan fingerprint density at radius 3 is 2.56 bits per heavy atom. The topological polar surface area (TPSA) is 9.23 Å². The molecule has 2 aromatic rings. The van der Waals surface area contributed by atoms with Crippen molar-refractivity contribution in [2.24, 2.45) is 0 Å². The molecule has 2 rings (SSSR count). The molecule has 0 aliphatic heterocycles. The van der Waals surface area contributed by atoms with Gasteiger partial charge in [-0.3, -0.25) is 0 Å². The fourth-order valence-corrected chi connectivity index (χ4v) is 2.05. The summed E-state index contributed by atoms with van der Waals surface area (Å²) in [6, 6.07) is 16.0. The number of ether oxygens (including phenoxy) is 1. The van der Waals surface area contributed by atoms with Crippen LogP contribution in [-0.4, -0.2) is 0 Å². The van der Waals surface area contributed by atoms with Crippen molar-refractivity contribution < 1.29 is 4.74 Å². The molecular weight excluding hydrogens is 244 g/mol. The zero-order valence-electron chi connectivity index (χ0n) is 10.5. The van der Waals surface area contributed by atoms with E-state index in [0.29, 0.717) is 6.61 Å². The molecule has 0 saturated heterocycles. The Morgan fingerprint density at radius 2 is 1.83 bits per heavy atom. The first-order valence-corrected chi connectivity index (χ1v) is 6.62. The summed E-state index contributed by atoms with van der Waals surface area (Å²) in [4.78, 5) is 0. The van der Waals surface area contributed by atoms with Gasteiger partial charge < -0.3 is 4.74 Å². The average molecular weight is 261 g/mol. The van der Waals surface area contributed by atoms with E-state index in [-0.39, 0.29) is 0 Å². The molecule has 0 amide bonds. The minimum atomic E-state index is 0.591. The van der Waals surface area contributed by atoms with Gasteiger partial charge in [-0.1, -0.05) is 55.3 Å². The lowest BCUT2D eigenvalue weighted by Crippen LogP contribution is -1.96. The molecule has 0 saturated carbocycles. The molecule has 0 fully saturated rings. The molecule has 0 heterocycles. The van der Waals surface area contributed by atoms with Gasteiger partial charge in [0.05, 0.1) is 0 Å². The van der Waals surface area contributed by atoms with Crippen LogP contribution in [0.25, 0.3) is 0 Å². The van der Waals surface area contributed by atoms with Crippen molar-refractivity contribution in [3.05, 3.63) is 64.7 Å². The van der Waals surface area contributed by atoms with Crippen LogP contribution in [-0.2, 0) is 13.0 Å². The third-order valence-electron chi connectivity index (χ3n) is 2.78. The van der Waals surface area contributed by atoms with Crippen LogP contribution in [0.4, 0.5) is 0 Å². The minimum Gasteiger partial charge on any atom is -0.489 e. The first-order valence-electron chi connectivity index (χ1n) is 6.24. The van der Waals surface area contributed by atoms with Crippen molar-refractivity contribution in [2.45, 2.75) is 26.4 Å². The number of benzene rings is 2. The molecule has 0 bridgehead atoms. The SMILES string of the molecule is CCCc1cc(OCc2ccccc2)ccc1Cl.